The number of carbonyl (C=O) groups is 1. The van der Waals surface area contributed by atoms with Crippen LogP contribution >= 0.6 is 0 Å². The van der Waals surface area contributed by atoms with Crippen molar-refractivity contribution in [3.8, 4) is 0 Å². The fourth-order valence-corrected chi connectivity index (χ4v) is 1.41. The van der Waals surface area contributed by atoms with Crippen molar-refractivity contribution in [3.05, 3.63) is 17.5 Å². The summed E-state index contributed by atoms with van der Waals surface area (Å²) in [6, 6.07) is 1.58. The van der Waals surface area contributed by atoms with Crippen molar-refractivity contribution < 1.29 is 14.1 Å². The third kappa shape index (κ3) is 4.54. The molecule has 0 aliphatic heterocycles. The first kappa shape index (κ1) is 13.7. The molecule has 1 atom stereocenters. The third-order valence-electron chi connectivity index (χ3n) is 2.24. The highest BCUT2D eigenvalue weighted by Gasteiger charge is 2.12. The largest absolute Gasteiger partial charge is 0.377 e. The van der Waals surface area contributed by atoms with E-state index < -0.39 is 0 Å². The monoisotopic (exact) mass is 241 g/mol. The van der Waals surface area contributed by atoms with Crippen LogP contribution in [0.4, 0.5) is 0 Å². The summed E-state index contributed by atoms with van der Waals surface area (Å²) in [6.45, 7) is 3.83. The van der Waals surface area contributed by atoms with E-state index >= 15 is 0 Å². The minimum absolute atomic E-state index is 0.223. The molecule has 0 saturated carbocycles. The molecule has 0 aliphatic carbocycles. The molecule has 1 rings (SSSR count). The lowest BCUT2D eigenvalue weighted by atomic mass is 10.2. The van der Waals surface area contributed by atoms with Gasteiger partial charge in [-0.1, -0.05) is 12.1 Å². The highest BCUT2D eigenvalue weighted by Crippen LogP contribution is 2.04. The Labute approximate surface area is 101 Å². The normalized spacial score (nSPS) is 12.4. The van der Waals surface area contributed by atoms with Crippen LogP contribution in [0.25, 0.3) is 0 Å². The maximum absolute atomic E-state index is 11.7. The summed E-state index contributed by atoms with van der Waals surface area (Å²) >= 11 is 0. The minimum Gasteiger partial charge on any atom is -0.377 e. The molecule has 2 N–H and O–H groups in total. The smallest absolute Gasteiger partial charge is 0.273 e. The van der Waals surface area contributed by atoms with Gasteiger partial charge in [-0.25, -0.2) is 0 Å². The van der Waals surface area contributed by atoms with E-state index in [-0.39, 0.29) is 11.6 Å². The molecule has 17 heavy (non-hydrogen) atoms. The van der Waals surface area contributed by atoms with E-state index in [2.05, 4.69) is 22.7 Å². The molecular weight excluding hydrogens is 222 g/mol. The summed E-state index contributed by atoms with van der Waals surface area (Å²) in [7, 11) is 3.44. The van der Waals surface area contributed by atoms with Gasteiger partial charge >= 0.3 is 0 Å². The molecule has 0 bridgehead atoms. The SMILES string of the molecule is CNCC(C)CNC(=O)c1cc(COC)on1. The van der Waals surface area contributed by atoms with Gasteiger partial charge in [0.2, 0.25) is 0 Å². The quantitative estimate of drug-likeness (QED) is 0.723. The van der Waals surface area contributed by atoms with Crippen molar-refractivity contribution in [3.63, 3.8) is 0 Å². The van der Waals surface area contributed by atoms with Crippen LogP contribution in [0.5, 0.6) is 0 Å². The van der Waals surface area contributed by atoms with Crippen molar-refractivity contribution in [1.29, 1.82) is 0 Å². The highest BCUT2D eigenvalue weighted by atomic mass is 16.5. The van der Waals surface area contributed by atoms with Gasteiger partial charge in [0.1, 0.15) is 6.61 Å². The Bertz CT molecular complexity index is 351. The first-order valence-electron chi connectivity index (χ1n) is 5.54. The predicted molar refractivity (Wildman–Crippen MR) is 62.6 cm³/mol. The van der Waals surface area contributed by atoms with Crippen LogP contribution in [-0.4, -0.2) is 38.3 Å². The van der Waals surface area contributed by atoms with Gasteiger partial charge in [0.25, 0.3) is 5.91 Å². The number of aromatic nitrogens is 1. The third-order valence-corrected chi connectivity index (χ3v) is 2.24. The molecule has 1 aromatic rings. The second kappa shape index (κ2) is 7.03. The molecule has 0 fully saturated rings. The summed E-state index contributed by atoms with van der Waals surface area (Å²) < 4.78 is 9.81. The number of carbonyl (C=O) groups excluding carboxylic acids is 1. The van der Waals surface area contributed by atoms with Crippen LogP contribution in [0.2, 0.25) is 0 Å². The first-order chi connectivity index (χ1) is 8.17. The van der Waals surface area contributed by atoms with Gasteiger partial charge in [-0.3, -0.25) is 4.79 Å². The molecule has 0 spiro atoms. The van der Waals surface area contributed by atoms with E-state index in [1.54, 1.807) is 13.2 Å². The van der Waals surface area contributed by atoms with Crippen LogP contribution in [0, 0.1) is 5.92 Å². The van der Waals surface area contributed by atoms with Gasteiger partial charge in [0.05, 0.1) is 0 Å². The molecule has 1 unspecified atom stereocenters. The molecule has 1 aromatic heterocycles. The summed E-state index contributed by atoms with van der Waals surface area (Å²) in [5.74, 6) is 0.689. The van der Waals surface area contributed by atoms with Crippen molar-refractivity contribution >= 4 is 5.91 Å². The Hall–Kier alpha value is -1.40. The van der Waals surface area contributed by atoms with E-state index in [0.29, 0.717) is 24.8 Å². The summed E-state index contributed by atoms with van der Waals surface area (Å²) in [5.41, 5.74) is 0.286. The van der Waals surface area contributed by atoms with Gasteiger partial charge in [0, 0.05) is 19.7 Å². The highest BCUT2D eigenvalue weighted by molar-refractivity contribution is 5.92. The Balaban J connectivity index is 2.40. The lowest BCUT2D eigenvalue weighted by molar-refractivity contribution is 0.0938. The average molecular weight is 241 g/mol. The molecule has 96 valence electrons. The fourth-order valence-electron chi connectivity index (χ4n) is 1.41. The van der Waals surface area contributed by atoms with Gasteiger partial charge < -0.3 is 19.9 Å². The number of methoxy groups -OCH3 is 1. The molecule has 0 radical (unpaired) electrons. The van der Waals surface area contributed by atoms with Gasteiger partial charge in [-0.15, -0.1) is 0 Å². The molecule has 1 heterocycles. The van der Waals surface area contributed by atoms with E-state index in [0.717, 1.165) is 6.54 Å². The van der Waals surface area contributed by atoms with E-state index in [9.17, 15) is 4.79 Å². The lowest BCUT2D eigenvalue weighted by Crippen LogP contribution is -2.32. The second-order valence-corrected chi connectivity index (χ2v) is 3.98. The zero-order valence-corrected chi connectivity index (χ0v) is 10.4. The van der Waals surface area contributed by atoms with E-state index in [1.165, 1.54) is 0 Å². The van der Waals surface area contributed by atoms with Crippen molar-refractivity contribution in [1.82, 2.24) is 15.8 Å². The van der Waals surface area contributed by atoms with Crippen LogP contribution in [0.15, 0.2) is 10.6 Å². The molecule has 6 heteroatoms. The Kier molecular flexibility index (Phi) is 5.65. The van der Waals surface area contributed by atoms with Crippen molar-refractivity contribution in [2.75, 3.05) is 27.2 Å². The molecule has 1 amide bonds. The second-order valence-electron chi connectivity index (χ2n) is 3.98. The van der Waals surface area contributed by atoms with Crippen LogP contribution < -0.4 is 10.6 Å². The van der Waals surface area contributed by atoms with E-state index in [1.807, 2.05) is 7.05 Å². The van der Waals surface area contributed by atoms with Crippen LogP contribution in [0.1, 0.15) is 23.2 Å². The zero-order chi connectivity index (χ0) is 12.7. The minimum atomic E-state index is -0.223. The molecule has 0 saturated heterocycles. The summed E-state index contributed by atoms with van der Waals surface area (Å²) in [6.07, 6.45) is 0. The summed E-state index contributed by atoms with van der Waals surface area (Å²) in [5, 5.41) is 9.52. The maximum Gasteiger partial charge on any atom is 0.273 e. The van der Waals surface area contributed by atoms with Gasteiger partial charge in [-0.05, 0) is 19.5 Å². The van der Waals surface area contributed by atoms with Crippen LogP contribution in [-0.2, 0) is 11.3 Å². The number of amides is 1. The van der Waals surface area contributed by atoms with E-state index in [4.69, 9.17) is 9.26 Å². The summed E-state index contributed by atoms with van der Waals surface area (Å²) in [4.78, 5) is 11.7. The maximum atomic E-state index is 11.7. The van der Waals surface area contributed by atoms with Crippen molar-refractivity contribution in [2.45, 2.75) is 13.5 Å². The lowest BCUT2D eigenvalue weighted by Gasteiger charge is -2.10. The average Bonchev–Trinajstić information content (AvgIpc) is 2.75. The fraction of sp³-hybridized carbons (Fsp3) is 0.636. The van der Waals surface area contributed by atoms with Crippen molar-refractivity contribution in [2.24, 2.45) is 5.92 Å². The number of ether oxygens (including phenoxy) is 1. The standard InChI is InChI=1S/C11H19N3O3/c1-8(5-12-2)6-13-11(15)10-4-9(7-16-3)17-14-10/h4,8,12H,5-7H2,1-3H3,(H,13,15). The van der Waals surface area contributed by atoms with Gasteiger partial charge in [0.15, 0.2) is 11.5 Å². The number of nitrogens with one attached hydrogen (secondary N) is 2. The Morgan fingerprint density at radius 3 is 3.00 bits per heavy atom. The van der Waals surface area contributed by atoms with Gasteiger partial charge in [-0.2, -0.15) is 0 Å². The zero-order valence-electron chi connectivity index (χ0n) is 10.4. The molecule has 6 nitrogen and oxygen atoms in total. The number of hydrogen-bond donors (Lipinski definition) is 2. The molecule has 0 aliphatic rings. The molecule has 0 aromatic carbocycles. The Morgan fingerprint density at radius 2 is 2.35 bits per heavy atom. The number of hydrogen-bond acceptors (Lipinski definition) is 5. The Morgan fingerprint density at radius 1 is 1.59 bits per heavy atom. The molecular formula is C11H19N3O3. The first-order valence-corrected chi connectivity index (χ1v) is 5.54. The number of rotatable bonds is 7. The topological polar surface area (TPSA) is 76.4 Å². The predicted octanol–water partition coefficient (Wildman–Crippen LogP) is 0.406. The number of nitrogens with zero attached hydrogens (tertiary/aromatic N) is 1. The van der Waals surface area contributed by atoms with Crippen LogP contribution in [0.3, 0.4) is 0 Å².